The Morgan fingerprint density at radius 1 is 1.10 bits per heavy atom. The molecule has 0 saturated heterocycles. The van der Waals surface area contributed by atoms with E-state index in [1.807, 2.05) is 24.3 Å². The van der Waals surface area contributed by atoms with Gasteiger partial charge in [0.25, 0.3) is 0 Å². The van der Waals surface area contributed by atoms with Gasteiger partial charge in [0.15, 0.2) is 23.1 Å². The zero-order valence-electron chi connectivity index (χ0n) is 10.3. The van der Waals surface area contributed by atoms with Gasteiger partial charge in [-0.25, -0.2) is 13.8 Å². The van der Waals surface area contributed by atoms with E-state index in [-0.39, 0.29) is 5.56 Å². The van der Waals surface area contributed by atoms with Crippen molar-refractivity contribution in [3.63, 3.8) is 0 Å². The molecule has 5 heteroatoms. The van der Waals surface area contributed by atoms with E-state index in [1.165, 1.54) is 6.07 Å². The van der Waals surface area contributed by atoms with Crippen molar-refractivity contribution < 1.29 is 13.2 Å². The maximum Gasteiger partial charge on any atom is 0.196 e. The van der Waals surface area contributed by atoms with E-state index < -0.39 is 16.5 Å². The number of hydrogen-bond acceptors (Lipinski definition) is 2. The third-order valence-corrected chi connectivity index (χ3v) is 3.83. The summed E-state index contributed by atoms with van der Waals surface area (Å²) in [7, 11) is 0. The number of aromatic nitrogens is 1. The Balaban J connectivity index is 1.88. The van der Waals surface area contributed by atoms with Crippen molar-refractivity contribution >= 4 is 27.0 Å². The van der Waals surface area contributed by atoms with Crippen LogP contribution < -0.4 is 0 Å². The number of oxazole rings is 1. The van der Waals surface area contributed by atoms with E-state index in [9.17, 15) is 8.78 Å². The van der Waals surface area contributed by atoms with Crippen LogP contribution in [0, 0.1) is 11.6 Å². The Morgan fingerprint density at radius 2 is 1.90 bits per heavy atom. The highest BCUT2D eigenvalue weighted by Gasteiger charge is 2.18. The lowest BCUT2D eigenvalue weighted by Gasteiger charge is -2.09. The van der Waals surface area contributed by atoms with Crippen molar-refractivity contribution in [2.24, 2.45) is 0 Å². The second-order valence-electron chi connectivity index (χ2n) is 4.39. The summed E-state index contributed by atoms with van der Waals surface area (Å²) >= 11 is 3.36. The summed E-state index contributed by atoms with van der Waals surface area (Å²) < 4.78 is 32.5. The largest absolute Gasteiger partial charge is 0.441 e. The lowest BCUT2D eigenvalue weighted by Crippen LogP contribution is -2.00. The fourth-order valence-electron chi connectivity index (χ4n) is 2.03. The van der Waals surface area contributed by atoms with E-state index in [4.69, 9.17) is 4.42 Å². The summed E-state index contributed by atoms with van der Waals surface area (Å²) in [5.74, 6) is -1.22. The van der Waals surface area contributed by atoms with Crippen molar-refractivity contribution in [3.8, 4) is 0 Å². The Kier molecular flexibility index (Phi) is 3.53. The summed E-state index contributed by atoms with van der Waals surface area (Å²) in [6.07, 6.45) is 0.342. The minimum absolute atomic E-state index is 0.257. The highest BCUT2D eigenvalue weighted by atomic mass is 79.9. The molecule has 0 aliphatic heterocycles. The molecule has 0 N–H and O–H groups in total. The fourth-order valence-corrected chi connectivity index (χ4v) is 2.66. The number of fused-ring (bicyclic) bond motifs is 1. The first-order chi connectivity index (χ1) is 9.65. The molecule has 0 bridgehead atoms. The number of nitrogens with zero attached hydrogens (tertiary/aromatic N) is 1. The molecule has 1 unspecified atom stereocenters. The molecule has 3 aromatic rings. The van der Waals surface area contributed by atoms with Crippen LogP contribution in [0.15, 0.2) is 46.9 Å². The number of hydrogen-bond donors (Lipinski definition) is 0. The minimum atomic E-state index is -0.857. The molecule has 1 atom stereocenters. The molecule has 20 heavy (non-hydrogen) atoms. The van der Waals surface area contributed by atoms with Gasteiger partial charge in [-0.2, -0.15) is 0 Å². The first-order valence-electron chi connectivity index (χ1n) is 6.07. The number of benzene rings is 2. The molecule has 0 aliphatic rings. The van der Waals surface area contributed by atoms with Crippen LogP contribution in [0.1, 0.15) is 16.3 Å². The molecule has 1 aromatic heterocycles. The average molecular weight is 338 g/mol. The summed E-state index contributed by atoms with van der Waals surface area (Å²) in [5, 5.41) is 0. The van der Waals surface area contributed by atoms with Crippen molar-refractivity contribution in [1.29, 1.82) is 0 Å². The fraction of sp³-hybridized carbons (Fsp3) is 0.133. The first kappa shape index (κ1) is 13.2. The normalized spacial score (nSPS) is 12.8. The van der Waals surface area contributed by atoms with Gasteiger partial charge < -0.3 is 4.42 Å². The topological polar surface area (TPSA) is 26.0 Å². The van der Waals surface area contributed by atoms with Gasteiger partial charge in [-0.3, -0.25) is 0 Å². The molecule has 0 aliphatic carbocycles. The lowest BCUT2D eigenvalue weighted by molar-refractivity contribution is 0.490. The van der Waals surface area contributed by atoms with Gasteiger partial charge in [-0.05, 0) is 18.2 Å². The molecular weight excluding hydrogens is 328 g/mol. The zero-order chi connectivity index (χ0) is 14.1. The van der Waals surface area contributed by atoms with Gasteiger partial charge in [0, 0.05) is 12.0 Å². The standard InChI is InChI=1S/C15H10BrF2NO/c16-10(9-4-3-5-11(17)15(9)18)8-14-19-12-6-1-2-7-13(12)20-14/h1-7,10H,8H2. The van der Waals surface area contributed by atoms with Gasteiger partial charge in [0.1, 0.15) is 5.52 Å². The van der Waals surface area contributed by atoms with Gasteiger partial charge >= 0.3 is 0 Å². The predicted molar refractivity (Wildman–Crippen MR) is 75.7 cm³/mol. The molecule has 0 amide bonds. The van der Waals surface area contributed by atoms with Crippen LogP contribution >= 0.6 is 15.9 Å². The molecule has 1 heterocycles. The van der Waals surface area contributed by atoms with Crippen molar-refractivity contribution in [2.75, 3.05) is 0 Å². The smallest absolute Gasteiger partial charge is 0.196 e. The van der Waals surface area contributed by atoms with Gasteiger partial charge in [-0.1, -0.05) is 40.2 Å². The second-order valence-corrected chi connectivity index (χ2v) is 5.50. The van der Waals surface area contributed by atoms with Gasteiger partial charge in [0.2, 0.25) is 0 Å². The number of halogens is 3. The molecule has 2 aromatic carbocycles. The summed E-state index contributed by atoms with van der Waals surface area (Å²) in [6, 6.07) is 11.5. The summed E-state index contributed by atoms with van der Waals surface area (Å²) in [5.41, 5.74) is 1.69. The summed E-state index contributed by atoms with van der Waals surface area (Å²) in [4.78, 5) is 3.92. The molecule has 102 valence electrons. The van der Waals surface area contributed by atoms with Crippen LogP contribution in [0.25, 0.3) is 11.1 Å². The zero-order valence-corrected chi connectivity index (χ0v) is 11.9. The average Bonchev–Trinajstić information content (AvgIpc) is 2.83. The maximum absolute atomic E-state index is 13.7. The van der Waals surface area contributed by atoms with Crippen LogP contribution in [0.2, 0.25) is 0 Å². The summed E-state index contributed by atoms with van der Waals surface area (Å²) in [6.45, 7) is 0. The van der Waals surface area contributed by atoms with Crippen molar-refractivity contribution in [2.45, 2.75) is 11.2 Å². The number of rotatable bonds is 3. The van der Waals surface area contributed by atoms with E-state index in [2.05, 4.69) is 20.9 Å². The quantitative estimate of drug-likeness (QED) is 0.642. The molecule has 2 nitrogen and oxygen atoms in total. The molecule has 0 radical (unpaired) electrons. The molecule has 0 fully saturated rings. The van der Waals surface area contributed by atoms with Gasteiger partial charge in [0.05, 0.1) is 4.83 Å². The van der Waals surface area contributed by atoms with Crippen molar-refractivity contribution in [3.05, 3.63) is 65.6 Å². The SMILES string of the molecule is Fc1cccc(C(Br)Cc2nc3ccccc3o2)c1F. The maximum atomic E-state index is 13.7. The Morgan fingerprint density at radius 3 is 2.70 bits per heavy atom. The lowest BCUT2D eigenvalue weighted by atomic mass is 10.1. The third-order valence-electron chi connectivity index (χ3n) is 3.01. The number of para-hydroxylation sites is 2. The van der Waals surface area contributed by atoms with E-state index in [0.29, 0.717) is 17.9 Å². The van der Waals surface area contributed by atoms with Gasteiger partial charge in [-0.15, -0.1) is 0 Å². The Bertz CT molecular complexity index is 723. The second kappa shape index (κ2) is 5.32. The van der Waals surface area contributed by atoms with Crippen LogP contribution in [0.5, 0.6) is 0 Å². The highest BCUT2D eigenvalue weighted by Crippen LogP contribution is 2.30. The van der Waals surface area contributed by atoms with Crippen LogP contribution in [0.3, 0.4) is 0 Å². The number of alkyl halides is 1. The third kappa shape index (κ3) is 2.45. The first-order valence-corrected chi connectivity index (χ1v) is 6.99. The Labute approximate surface area is 122 Å². The van der Waals surface area contributed by atoms with Crippen LogP contribution in [-0.2, 0) is 6.42 Å². The monoisotopic (exact) mass is 337 g/mol. The van der Waals surface area contributed by atoms with E-state index >= 15 is 0 Å². The van der Waals surface area contributed by atoms with Crippen molar-refractivity contribution in [1.82, 2.24) is 4.98 Å². The Hall–Kier alpha value is -1.75. The van der Waals surface area contributed by atoms with Crippen LogP contribution in [0.4, 0.5) is 8.78 Å². The molecule has 3 rings (SSSR count). The predicted octanol–water partition coefficient (Wildman–Crippen LogP) is 4.78. The molecule has 0 saturated carbocycles. The minimum Gasteiger partial charge on any atom is -0.441 e. The molecular formula is C15H10BrF2NO. The van der Waals surface area contributed by atoms with E-state index in [1.54, 1.807) is 6.07 Å². The van der Waals surface area contributed by atoms with E-state index in [0.717, 1.165) is 11.6 Å². The molecule has 0 spiro atoms. The van der Waals surface area contributed by atoms with Crippen LogP contribution in [-0.4, -0.2) is 4.98 Å². The highest BCUT2D eigenvalue weighted by molar-refractivity contribution is 9.09.